The molecular formula is C13H20N4O2S2. The van der Waals surface area contributed by atoms with Crippen LogP contribution >= 0.6 is 23.1 Å². The quantitative estimate of drug-likeness (QED) is 0.364. The molecule has 0 spiro atoms. The molecule has 0 saturated carbocycles. The van der Waals surface area contributed by atoms with Crippen molar-refractivity contribution >= 4 is 23.1 Å². The standard InChI is InChI=1S/C13H20N4O2S2/c1-14-8-10-2-3-11(21-10)9-20-7-6-16-13-12(17(18)19)4-5-15-13/h2-3,14-16H,4-9H2,1H3. The van der Waals surface area contributed by atoms with Gasteiger partial charge in [0, 0.05) is 40.9 Å². The third-order valence-corrected chi connectivity index (χ3v) is 5.31. The zero-order chi connectivity index (χ0) is 15.1. The molecule has 0 bridgehead atoms. The largest absolute Gasteiger partial charge is 0.366 e. The first-order valence-corrected chi connectivity index (χ1v) is 8.83. The number of nitro groups is 1. The Morgan fingerprint density at radius 2 is 2.29 bits per heavy atom. The van der Waals surface area contributed by atoms with Crippen molar-refractivity contribution in [2.75, 3.05) is 25.9 Å². The number of hydrogen-bond donors (Lipinski definition) is 3. The van der Waals surface area contributed by atoms with Crippen molar-refractivity contribution in [2.45, 2.75) is 18.7 Å². The van der Waals surface area contributed by atoms with Gasteiger partial charge < -0.3 is 16.0 Å². The van der Waals surface area contributed by atoms with Crippen molar-refractivity contribution in [3.8, 4) is 0 Å². The van der Waals surface area contributed by atoms with Crippen molar-refractivity contribution in [1.29, 1.82) is 0 Å². The molecular weight excluding hydrogens is 308 g/mol. The molecule has 2 heterocycles. The van der Waals surface area contributed by atoms with Crippen LogP contribution in [-0.4, -0.2) is 30.8 Å². The Kier molecular flexibility index (Phi) is 6.34. The molecule has 0 aromatic carbocycles. The predicted molar refractivity (Wildman–Crippen MR) is 87.9 cm³/mol. The number of thiophene rings is 1. The second-order valence-electron chi connectivity index (χ2n) is 4.63. The zero-order valence-corrected chi connectivity index (χ0v) is 13.6. The molecule has 1 aromatic heterocycles. The number of nitrogens with zero attached hydrogens (tertiary/aromatic N) is 1. The van der Waals surface area contributed by atoms with E-state index in [-0.39, 0.29) is 10.6 Å². The summed E-state index contributed by atoms with van der Waals surface area (Å²) >= 11 is 3.67. The SMILES string of the molecule is CNCc1ccc(CSCCNC2=C([N+](=O)[O-])CCN2)s1. The van der Waals surface area contributed by atoms with Crippen LogP contribution in [0.1, 0.15) is 16.2 Å². The first kappa shape index (κ1) is 16.1. The topological polar surface area (TPSA) is 79.2 Å². The third kappa shape index (κ3) is 4.90. The van der Waals surface area contributed by atoms with Gasteiger partial charge in [-0.3, -0.25) is 10.1 Å². The van der Waals surface area contributed by atoms with E-state index in [1.165, 1.54) is 9.75 Å². The van der Waals surface area contributed by atoms with Crippen molar-refractivity contribution in [3.05, 3.63) is 43.5 Å². The summed E-state index contributed by atoms with van der Waals surface area (Å²) in [6, 6.07) is 4.33. The molecule has 0 radical (unpaired) electrons. The van der Waals surface area contributed by atoms with Gasteiger partial charge in [0.15, 0.2) is 5.82 Å². The molecule has 1 aliphatic heterocycles. The van der Waals surface area contributed by atoms with E-state index < -0.39 is 0 Å². The van der Waals surface area contributed by atoms with E-state index in [0.29, 0.717) is 18.8 Å². The van der Waals surface area contributed by atoms with Gasteiger partial charge in [0.05, 0.1) is 11.3 Å². The maximum absolute atomic E-state index is 10.8. The molecule has 116 valence electrons. The summed E-state index contributed by atoms with van der Waals surface area (Å²) < 4.78 is 0. The third-order valence-electron chi connectivity index (χ3n) is 3.03. The summed E-state index contributed by atoms with van der Waals surface area (Å²) in [6.07, 6.45) is 0.492. The van der Waals surface area contributed by atoms with Gasteiger partial charge in [-0.05, 0) is 19.2 Å². The Morgan fingerprint density at radius 1 is 1.48 bits per heavy atom. The Balaban J connectivity index is 1.65. The zero-order valence-electron chi connectivity index (χ0n) is 12.0. The number of thioether (sulfide) groups is 1. The van der Waals surface area contributed by atoms with E-state index in [2.05, 4.69) is 28.1 Å². The monoisotopic (exact) mass is 328 g/mol. The Hall–Kier alpha value is -1.25. The fraction of sp³-hybridized carbons (Fsp3) is 0.538. The highest BCUT2D eigenvalue weighted by molar-refractivity contribution is 7.98. The molecule has 0 fully saturated rings. The Morgan fingerprint density at radius 3 is 3.05 bits per heavy atom. The summed E-state index contributed by atoms with van der Waals surface area (Å²) in [7, 11) is 1.95. The molecule has 0 aliphatic carbocycles. The van der Waals surface area contributed by atoms with Gasteiger partial charge in [-0.15, -0.1) is 11.3 Å². The van der Waals surface area contributed by atoms with E-state index in [4.69, 9.17) is 0 Å². The van der Waals surface area contributed by atoms with Crippen molar-refractivity contribution in [3.63, 3.8) is 0 Å². The van der Waals surface area contributed by atoms with Gasteiger partial charge in [0.25, 0.3) is 5.70 Å². The van der Waals surface area contributed by atoms with Gasteiger partial charge in [-0.25, -0.2) is 0 Å². The average molecular weight is 328 g/mol. The molecule has 1 aliphatic rings. The predicted octanol–water partition coefficient (Wildman–Crippen LogP) is 1.73. The van der Waals surface area contributed by atoms with Gasteiger partial charge in [-0.1, -0.05) is 0 Å². The van der Waals surface area contributed by atoms with Crippen LogP contribution < -0.4 is 16.0 Å². The maximum Gasteiger partial charge on any atom is 0.287 e. The molecule has 3 N–H and O–H groups in total. The second-order valence-corrected chi connectivity index (χ2v) is 6.99. The lowest BCUT2D eigenvalue weighted by Crippen LogP contribution is -2.26. The maximum atomic E-state index is 10.8. The molecule has 0 saturated heterocycles. The van der Waals surface area contributed by atoms with Crippen molar-refractivity contribution in [1.82, 2.24) is 16.0 Å². The average Bonchev–Trinajstić information content (AvgIpc) is 3.08. The van der Waals surface area contributed by atoms with E-state index in [9.17, 15) is 10.1 Å². The van der Waals surface area contributed by atoms with Crippen molar-refractivity contribution < 1.29 is 4.92 Å². The fourth-order valence-corrected chi connectivity index (χ4v) is 4.07. The molecule has 6 nitrogen and oxygen atoms in total. The molecule has 8 heteroatoms. The molecule has 2 rings (SSSR count). The van der Waals surface area contributed by atoms with Crippen LogP contribution in [0.2, 0.25) is 0 Å². The highest BCUT2D eigenvalue weighted by Gasteiger charge is 2.23. The first-order chi connectivity index (χ1) is 10.2. The van der Waals surface area contributed by atoms with E-state index in [1.54, 1.807) is 0 Å². The van der Waals surface area contributed by atoms with E-state index in [0.717, 1.165) is 24.6 Å². The summed E-state index contributed by atoms with van der Waals surface area (Å²) in [5.74, 6) is 2.51. The van der Waals surface area contributed by atoms with Crippen LogP contribution in [0.15, 0.2) is 23.7 Å². The molecule has 21 heavy (non-hydrogen) atoms. The van der Waals surface area contributed by atoms with E-state index >= 15 is 0 Å². The lowest BCUT2D eigenvalue weighted by molar-refractivity contribution is -0.427. The van der Waals surface area contributed by atoms with Gasteiger partial charge >= 0.3 is 0 Å². The summed E-state index contributed by atoms with van der Waals surface area (Å²) in [6.45, 7) is 2.30. The summed E-state index contributed by atoms with van der Waals surface area (Å²) in [4.78, 5) is 13.2. The summed E-state index contributed by atoms with van der Waals surface area (Å²) in [5, 5.41) is 20.1. The lowest BCUT2D eigenvalue weighted by atomic mass is 10.4. The minimum Gasteiger partial charge on any atom is -0.366 e. The Labute approximate surface area is 132 Å². The molecule has 0 unspecified atom stereocenters. The van der Waals surface area contributed by atoms with Crippen LogP contribution in [0.4, 0.5) is 0 Å². The Bertz CT molecular complexity index is 516. The normalized spacial score (nSPS) is 14.3. The fourth-order valence-electron chi connectivity index (χ4n) is 2.07. The molecule has 0 amide bonds. The molecule has 1 aromatic rings. The number of nitrogens with one attached hydrogen (secondary N) is 3. The van der Waals surface area contributed by atoms with Gasteiger partial charge in [-0.2, -0.15) is 11.8 Å². The lowest BCUT2D eigenvalue weighted by Gasteiger charge is -2.06. The molecule has 0 atom stereocenters. The second kappa shape index (κ2) is 8.26. The van der Waals surface area contributed by atoms with Crippen LogP contribution in [0.25, 0.3) is 0 Å². The minimum absolute atomic E-state index is 0.273. The number of hydrogen-bond acceptors (Lipinski definition) is 7. The smallest absolute Gasteiger partial charge is 0.287 e. The van der Waals surface area contributed by atoms with Crippen molar-refractivity contribution in [2.24, 2.45) is 0 Å². The van der Waals surface area contributed by atoms with Crippen LogP contribution in [0.3, 0.4) is 0 Å². The van der Waals surface area contributed by atoms with E-state index in [1.807, 2.05) is 30.1 Å². The summed E-state index contributed by atoms with van der Waals surface area (Å²) in [5.41, 5.74) is 0.273. The highest BCUT2D eigenvalue weighted by atomic mass is 32.2. The number of rotatable bonds is 9. The highest BCUT2D eigenvalue weighted by Crippen LogP contribution is 2.21. The van der Waals surface area contributed by atoms with Crippen LogP contribution in [0, 0.1) is 10.1 Å². The van der Waals surface area contributed by atoms with Gasteiger partial charge in [0.1, 0.15) is 0 Å². The van der Waals surface area contributed by atoms with Crippen LogP contribution in [0.5, 0.6) is 0 Å². The minimum atomic E-state index is -0.301. The van der Waals surface area contributed by atoms with Gasteiger partial charge in [0.2, 0.25) is 0 Å². The van der Waals surface area contributed by atoms with Crippen LogP contribution in [-0.2, 0) is 12.3 Å². The first-order valence-electron chi connectivity index (χ1n) is 6.86.